The van der Waals surface area contributed by atoms with Crippen LogP contribution >= 0.6 is 0 Å². The van der Waals surface area contributed by atoms with Gasteiger partial charge in [-0.2, -0.15) is 8.42 Å². The standard InChI is InChI=1S/C41H83NO6S/c1-3-5-7-9-11-13-15-16-17-18-19-20-21-22-23-24-25-26-28-30-32-34-36-40(44)41(45)42-38(37-49(46,47)48)39(43)35-33-31-29-27-14-12-10-8-6-4-2/h38-40,43-44H,3-37H2,1-2H3,(H,42,45)(H,46,47,48). The Labute approximate surface area is 304 Å². The summed E-state index contributed by atoms with van der Waals surface area (Å²) >= 11 is 0. The van der Waals surface area contributed by atoms with Gasteiger partial charge >= 0.3 is 0 Å². The molecule has 294 valence electrons. The molecule has 0 aromatic rings. The summed E-state index contributed by atoms with van der Waals surface area (Å²) in [6.45, 7) is 4.49. The Bertz CT molecular complexity index is 808. The molecule has 1 amide bonds. The van der Waals surface area contributed by atoms with Crippen LogP contribution in [0.1, 0.15) is 232 Å². The first-order valence-electron chi connectivity index (χ1n) is 21.3. The molecule has 0 aliphatic rings. The molecule has 0 saturated heterocycles. The van der Waals surface area contributed by atoms with Crippen LogP contribution in [-0.2, 0) is 14.9 Å². The van der Waals surface area contributed by atoms with Crippen LogP contribution < -0.4 is 5.32 Å². The third-order valence-corrected chi connectivity index (χ3v) is 10.9. The predicted octanol–water partition coefficient (Wildman–Crippen LogP) is 11.4. The topological polar surface area (TPSA) is 124 Å². The van der Waals surface area contributed by atoms with Crippen molar-refractivity contribution in [2.45, 2.75) is 250 Å². The summed E-state index contributed by atoms with van der Waals surface area (Å²) in [5.74, 6) is -1.44. The molecule has 0 saturated carbocycles. The zero-order valence-corrected chi connectivity index (χ0v) is 33.3. The number of carbonyl (C=O) groups excluding carboxylic acids is 1. The zero-order chi connectivity index (χ0) is 36.3. The van der Waals surface area contributed by atoms with Crippen LogP contribution in [0.25, 0.3) is 0 Å². The van der Waals surface area contributed by atoms with E-state index in [2.05, 4.69) is 19.2 Å². The number of rotatable bonds is 39. The second-order valence-electron chi connectivity index (χ2n) is 15.1. The van der Waals surface area contributed by atoms with E-state index in [9.17, 15) is 28.0 Å². The lowest BCUT2D eigenvalue weighted by Gasteiger charge is -2.24. The third-order valence-electron chi connectivity index (χ3n) is 10.2. The van der Waals surface area contributed by atoms with E-state index in [0.717, 1.165) is 44.9 Å². The summed E-state index contributed by atoms with van der Waals surface area (Å²) in [6.07, 6.45) is 38.5. The van der Waals surface area contributed by atoms with Gasteiger partial charge in [-0.3, -0.25) is 9.35 Å². The van der Waals surface area contributed by atoms with Crippen molar-refractivity contribution in [3.63, 3.8) is 0 Å². The average molecular weight is 718 g/mol. The minimum absolute atomic E-state index is 0.304. The van der Waals surface area contributed by atoms with E-state index >= 15 is 0 Å². The first kappa shape index (κ1) is 48.3. The van der Waals surface area contributed by atoms with E-state index in [1.807, 2.05) is 0 Å². The summed E-state index contributed by atoms with van der Waals surface area (Å²) in [5, 5.41) is 23.5. The average Bonchev–Trinajstić information content (AvgIpc) is 3.06. The Morgan fingerprint density at radius 3 is 1.02 bits per heavy atom. The first-order valence-corrected chi connectivity index (χ1v) is 22.9. The summed E-state index contributed by atoms with van der Waals surface area (Å²) < 4.78 is 32.5. The Kier molecular flexibility index (Phi) is 35.2. The zero-order valence-electron chi connectivity index (χ0n) is 32.5. The molecule has 0 spiro atoms. The van der Waals surface area contributed by atoms with E-state index in [-0.39, 0.29) is 0 Å². The molecule has 3 unspecified atom stereocenters. The molecule has 0 heterocycles. The Balaban J connectivity index is 3.81. The fourth-order valence-corrected chi connectivity index (χ4v) is 7.63. The second-order valence-corrected chi connectivity index (χ2v) is 16.6. The lowest BCUT2D eigenvalue weighted by Crippen LogP contribution is -2.50. The highest BCUT2D eigenvalue weighted by molar-refractivity contribution is 7.85. The molecule has 4 N–H and O–H groups in total. The van der Waals surface area contributed by atoms with Crippen molar-refractivity contribution in [3.05, 3.63) is 0 Å². The van der Waals surface area contributed by atoms with Gasteiger partial charge in [-0.15, -0.1) is 0 Å². The highest BCUT2D eigenvalue weighted by atomic mass is 32.2. The Hall–Kier alpha value is -0.700. The summed E-state index contributed by atoms with van der Waals surface area (Å²) in [4.78, 5) is 12.6. The highest BCUT2D eigenvalue weighted by Crippen LogP contribution is 2.17. The monoisotopic (exact) mass is 718 g/mol. The minimum atomic E-state index is -4.40. The lowest BCUT2D eigenvalue weighted by atomic mass is 10.0. The van der Waals surface area contributed by atoms with Crippen molar-refractivity contribution >= 4 is 16.0 Å². The van der Waals surface area contributed by atoms with Crippen LogP contribution in [0.3, 0.4) is 0 Å². The lowest BCUT2D eigenvalue weighted by molar-refractivity contribution is -0.131. The van der Waals surface area contributed by atoms with Gasteiger partial charge in [-0.25, -0.2) is 0 Å². The fraction of sp³-hybridized carbons (Fsp3) is 0.976. The van der Waals surface area contributed by atoms with E-state index < -0.39 is 40.0 Å². The van der Waals surface area contributed by atoms with Crippen molar-refractivity contribution in [3.8, 4) is 0 Å². The molecule has 8 heteroatoms. The molecule has 0 aromatic heterocycles. The largest absolute Gasteiger partial charge is 0.391 e. The van der Waals surface area contributed by atoms with Crippen molar-refractivity contribution in [1.82, 2.24) is 5.32 Å². The molecule has 0 aliphatic carbocycles. The van der Waals surface area contributed by atoms with Gasteiger partial charge in [-0.05, 0) is 12.8 Å². The first-order chi connectivity index (χ1) is 23.7. The van der Waals surface area contributed by atoms with Crippen LogP contribution in [0.2, 0.25) is 0 Å². The van der Waals surface area contributed by atoms with Crippen molar-refractivity contribution in [2.24, 2.45) is 0 Å². The SMILES string of the molecule is CCCCCCCCCCCCCCCCCCCCCCCCC(O)C(=O)NC(CS(=O)(=O)O)C(O)CCCCCCCCCCCC. The van der Waals surface area contributed by atoms with Gasteiger partial charge in [-0.1, -0.05) is 219 Å². The number of aliphatic hydroxyl groups is 2. The van der Waals surface area contributed by atoms with Crippen molar-refractivity contribution in [1.29, 1.82) is 0 Å². The molecule has 0 fully saturated rings. The molecule has 0 aromatic carbocycles. The van der Waals surface area contributed by atoms with E-state index in [1.54, 1.807) is 0 Å². The summed E-state index contributed by atoms with van der Waals surface area (Å²) in [7, 11) is -4.40. The fourth-order valence-electron chi connectivity index (χ4n) is 6.87. The number of hydrogen-bond acceptors (Lipinski definition) is 5. The molecular formula is C41H83NO6S. The second kappa shape index (κ2) is 35.7. The molecule has 49 heavy (non-hydrogen) atoms. The van der Waals surface area contributed by atoms with Gasteiger partial charge in [0.15, 0.2) is 0 Å². The van der Waals surface area contributed by atoms with E-state index in [0.29, 0.717) is 12.8 Å². The van der Waals surface area contributed by atoms with Crippen LogP contribution in [0, 0.1) is 0 Å². The number of amides is 1. The van der Waals surface area contributed by atoms with Crippen LogP contribution in [0.15, 0.2) is 0 Å². The van der Waals surface area contributed by atoms with Crippen LogP contribution in [-0.4, -0.2) is 53.1 Å². The molecule has 0 radical (unpaired) electrons. The Morgan fingerprint density at radius 2 is 0.735 bits per heavy atom. The minimum Gasteiger partial charge on any atom is -0.391 e. The van der Waals surface area contributed by atoms with Crippen LogP contribution in [0.4, 0.5) is 0 Å². The van der Waals surface area contributed by atoms with Crippen LogP contribution in [0.5, 0.6) is 0 Å². The number of hydrogen-bond donors (Lipinski definition) is 4. The Morgan fingerprint density at radius 1 is 0.469 bits per heavy atom. The normalized spacial score (nSPS) is 13.8. The summed E-state index contributed by atoms with van der Waals surface area (Å²) in [5.41, 5.74) is 0. The van der Waals surface area contributed by atoms with Gasteiger partial charge in [0.2, 0.25) is 5.91 Å². The predicted molar refractivity (Wildman–Crippen MR) is 209 cm³/mol. The quantitative estimate of drug-likeness (QED) is 0.0371. The van der Waals surface area contributed by atoms with E-state index in [1.165, 1.54) is 161 Å². The van der Waals surface area contributed by atoms with Gasteiger partial charge in [0.1, 0.15) is 6.10 Å². The number of carbonyl (C=O) groups is 1. The molecule has 0 bridgehead atoms. The van der Waals surface area contributed by atoms with Gasteiger partial charge in [0, 0.05) is 0 Å². The number of unbranched alkanes of at least 4 members (excludes halogenated alkanes) is 30. The van der Waals surface area contributed by atoms with E-state index in [4.69, 9.17) is 0 Å². The van der Waals surface area contributed by atoms with Crippen molar-refractivity contribution in [2.75, 3.05) is 5.75 Å². The third kappa shape index (κ3) is 35.5. The molecule has 7 nitrogen and oxygen atoms in total. The molecule has 3 atom stereocenters. The maximum atomic E-state index is 12.6. The maximum Gasteiger partial charge on any atom is 0.266 e. The molecule has 0 rings (SSSR count). The highest BCUT2D eigenvalue weighted by Gasteiger charge is 2.28. The summed E-state index contributed by atoms with van der Waals surface area (Å²) in [6, 6.07) is -1.14. The maximum absolute atomic E-state index is 12.6. The van der Waals surface area contributed by atoms with Gasteiger partial charge in [0.25, 0.3) is 10.1 Å². The number of nitrogens with one attached hydrogen (secondary N) is 1. The van der Waals surface area contributed by atoms with Gasteiger partial charge in [0.05, 0.1) is 17.9 Å². The smallest absolute Gasteiger partial charge is 0.266 e. The van der Waals surface area contributed by atoms with Gasteiger partial charge < -0.3 is 15.5 Å². The number of aliphatic hydroxyl groups excluding tert-OH is 2. The molecular weight excluding hydrogens is 635 g/mol. The molecule has 0 aliphatic heterocycles. The van der Waals surface area contributed by atoms with Crippen molar-refractivity contribution < 1.29 is 28.0 Å².